The van der Waals surface area contributed by atoms with Gasteiger partial charge in [0.15, 0.2) is 0 Å². The van der Waals surface area contributed by atoms with E-state index in [9.17, 15) is 0 Å². The first-order valence-corrected chi connectivity index (χ1v) is 3.23. The number of hydrogen-bond donors (Lipinski definition) is 1. The quantitative estimate of drug-likeness (QED) is 0.606. The SMILES string of the molecule is CO.COCOC.COCOC.O. The number of hydrogen-bond acceptors (Lipinski definition) is 5. The topological polar surface area (TPSA) is 88.7 Å². The summed E-state index contributed by atoms with van der Waals surface area (Å²) in [7, 11) is 7.35. The van der Waals surface area contributed by atoms with Gasteiger partial charge in [-0.15, -0.1) is 0 Å². The van der Waals surface area contributed by atoms with Gasteiger partial charge in [-0.1, -0.05) is 0 Å². The zero-order valence-corrected chi connectivity index (χ0v) is 8.99. The molecule has 0 radical (unpaired) electrons. The molecule has 0 bridgehead atoms. The zero-order valence-electron chi connectivity index (χ0n) is 8.99. The molecule has 3 N–H and O–H groups in total. The van der Waals surface area contributed by atoms with Gasteiger partial charge in [-0.25, -0.2) is 0 Å². The largest absolute Gasteiger partial charge is 0.412 e. The van der Waals surface area contributed by atoms with Gasteiger partial charge in [0, 0.05) is 35.5 Å². The Kier molecular flexibility index (Phi) is 72.6. The standard InChI is InChI=1S/2C3H8O2.CH4O.H2O/c2*1-4-3-5-2;1-2;/h2*3H2,1-2H3;2H,1H3;1H2. The van der Waals surface area contributed by atoms with Crippen LogP contribution in [0, 0.1) is 0 Å². The minimum Gasteiger partial charge on any atom is -0.412 e. The summed E-state index contributed by atoms with van der Waals surface area (Å²) in [4.78, 5) is 0. The lowest BCUT2D eigenvalue weighted by molar-refractivity contribution is -0.00282. The van der Waals surface area contributed by atoms with Crippen molar-refractivity contribution >= 4 is 0 Å². The number of methoxy groups -OCH3 is 4. The highest BCUT2D eigenvalue weighted by atomic mass is 16.7. The predicted octanol–water partition coefficient (Wildman–Crippen LogP) is -0.743. The molecule has 0 heterocycles. The fourth-order valence-electron chi connectivity index (χ4n) is 0.236. The molecule has 0 aliphatic rings. The van der Waals surface area contributed by atoms with E-state index in [1.54, 1.807) is 28.4 Å². The first-order chi connectivity index (χ1) is 5.83. The first-order valence-electron chi connectivity index (χ1n) is 3.23. The first kappa shape index (κ1) is 23.0. The molecule has 0 spiro atoms. The van der Waals surface area contributed by atoms with Crippen molar-refractivity contribution in [2.75, 3.05) is 49.1 Å². The second-order valence-corrected chi connectivity index (χ2v) is 1.39. The molecule has 6 heteroatoms. The molecule has 13 heavy (non-hydrogen) atoms. The Morgan fingerprint density at radius 1 is 0.692 bits per heavy atom. The highest BCUT2D eigenvalue weighted by Gasteiger charge is 1.63. The lowest BCUT2D eigenvalue weighted by atomic mass is 11.4. The lowest BCUT2D eigenvalue weighted by Gasteiger charge is -1.87. The highest BCUT2D eigenvalue weighted by molar-refractivity contribution is 3.85. The summed E-state index contributed by atoms with van der Waals surface area (Å²) in [5.41, 5.74) is 0. The Balaban J connectivity index is -0.0000000491. The van der Waals surface area contributed by atoms with Gasteiger partial charge in [0.1, 0.15) is 13.6 Å². The molecule has 6 nitrogen and oxygen atoms in total. The fraction of sp³-hybridized carbons (Fsp3) is 1.00. The average Bonchev–Trinajstić information content (AvgIpc) is 2.12. The molecule has 0 rings (SSSR count). The van der Waals surface area contributed by atoms with Crippen molar-refractivity contribution in [3.05, 3.63) is 0 Å². The minimum absolute atomic E-state index is 0. The molecule has 0 fully saturated rings. The number of rotatable bonds is 4. The van der Waals surface area contributed by atoms with Crippen LogP contribution in [-0.2, 0) is 18.9 Å². The Morgan fingerprint density at radius 3 is 0.846 bits per heavy atom. The van der Waals surface area contributed by atoms with Crippen molar-refractivity contribution in [2.24, 2.45) is 0 Å². The summed E-state index contributed by atoms with van der Waals surface area (Å²) in [6, 6.07) is 0. The van der Waals surface area contributed by atoms with Crippen molar-refractivity contribution in [2.45, 2.75) is 0 Å². The van der Waals surface area contributed by atoms with E-state index in [-0.39, 0.29) is 5.48 Å². The number of aliphatic hydroxyl groups is 1. The molecule has 0 aliphatic carbocycles. The van der Waals surface area contributed by atoms with Gasteiger partial charge in [-0.05, 0) is 0 Å². The summed E-state index contributed by atoms with van der Waals surface area (Å²) in [6.07, 6.45) is 0. The minimum atomic E-state index is 0. The van der Waals surface area contributed by atoms with Crippen LogP contribution in [-0.4, -0.2) is 59.7 Å². The maximum absolute atomic E-state index is 7.00. The molecular weight excluding hydrogens is 180 g/mol. The fourth-order valence-corrected chi connectivity index (χ4v) is 0.236. The van der Waals surface area contributed by atoms with E-state index in [2.05, 4.69) is 18.9 Å². The Hall–Kier alpha value is -0.240. The molecule has 0 aliphatic heterocycles. The van der Waals surface area contributed by atoms with Gasteiger partial charge in [-0.3, -0.25) is 0 Å². The third-order valence-corrected chi connectivity index (χ3v) is 0.471. The van der Waals surface area contributed by atoms with Crippen LogP contribution in [0.4, 0.5) is 0 Å². The van der Waals surface area contributed by atoms with Gasteiger partial charge in [0.05, 0.1) is 0 Å². The summed E-state index contributed by atoms with van der Waals surface area (Å²) >= 11 is 0. The monoisotopic (exact) mass is 202 g/mol. The number of aliphatic hydroxyl groups excluding tert-OH is 1. The van der Waals surface area contributed by atoms with Crippen LogP contribution in [0.2, 0.25) is 0 Å². The van der Waals surface area contributed by atoms with E-state index in [0.29, 0.717) is 13.6 Å². The van der Waals surface area contributed by atoms with Crippen molar-refractivity contribution < 1.29 is 29.5 Å². The zero-order chi connectivity index (χ0) is 10.2. The lowest BCUT2D eigenvalue weighted by Crippen LogP contribution is -1.87. The smallest absolute Gasteiger partial charge is 0.145 e. The van der Waals surface area contributed by atoms with E-state index >= 15 is 0 Å². The average molecular weight is 202 g/mol. The van der Waals surface area contributed by atoms with Crippen LogP contribution in [0.15, 0.2) is 0 Å². The Labute approximate surface area is 79.7 Å². The van der Waals surface area contributed by atoms with Crippen molar-refractivity contribution in [1.29, 1.82) is 0 Å². The van der Waals surface area contributed by atoms with Crippen molar-refractivity contribution in [1.82, 2.24) is 0 Å². The van der Waals surface area contributed by atoms with Gasteiger partial charge in [-0.2, -0.15) is 0 Å². The maximum Gasteiger partial charge on any atom is 0.145 e. The maximum atomic E-state index is 7.00. The van der Waals surface area contributed by atoms with Crippen LogP contribution in [0.25, 0.3) is 0 Å². The second kappa shape index (κ2) is 41.0. The predicted molar refractivity (Wildman–Crippen MR) is 49.5 cm³/mol. The Morgan fingerprint density at radius 2 is 0.846 bits per heavy atom. The van der Waals surface area contributed by atoms with Crippen LogP contribution in [0.1, 0.15) is 0 Å². The molecule has 0 atom stereocenters. The highest BCUT2D eigenvalue weighted by Crippen LogP contribution is 1.60. The molecular formula is C7H22O6. The van der Waals surface area contributed by atoms with Crippen LogP contribution in [0.3, 0.4) is 0 Å². The number of ether oxygens (including phenoxy) is 4. The summed E-state index contributed by atoms with van der Waals surface area (Å²) < 4.78 is 17.9. The molecule has 0 saturated heterocycles. The third kappa shape index (κ3) is 79.2. The Bertz CT molecular complexity index is 34.0. The van der Waals surface area contributed by atoms with E-state index in [0.717, 1.165) is 7.11 Å². The van der Waals surface area contributed by atoms with Crippen molar-refractivity contribution in [3.8, 4) is 0 Å². The van der Waals surface area contributed by atoms with Gasteiger partial charge >= 0.3 is 0 Å². The molecule has 0 aromatic heterocycles. The van der Waals surface area contributed by atoms with Crippen LogP contribution < -0.4 is 0 Å². The summed E-state index contributed by atoms with van der Waals surface area (Å²) in [5, 5.41) is 7.00. The molecule has 0 aromatic carbocycles. The normalized spacial score (nSPS) is 6.92. The summed E-state index contributed by atoms with van der Waals surface area (Å²) in [6.45, 7) is 0.778. The van der Waals surface area contributed by atoms with E-state index < -0.39 is 0 Å². The van der Waals surface area contributed by atoms with E-state index in [1.807, 2.05) is 0 Å². The van der Waals surface area contributed by atoms with Gasteiger partial charge in [0.25, 0.3) is 0 Å². The second-order valence-electron chi connectivity index (χ2n) is 1.39. The van der Waals surface area contributed by atoms with E-state index in [4.69, 9.17) is 5.11 Å². The molecule has 0 saturated carbocycles. The van der Waals surface area contributed by atoms with Gasteiger partial charge < -0.3 is 29.5 Å². The molecule has 0 aromatic rings. The van der Waals surface area contributed by atoms with E-state index in [1.165, 1.54) is 0 Å². The summed E-state index contributed by atoms with van der Waals surface area (Å²) in [5.74, 6) is 0. The van der Waals surface area contributed by atoms with Crippen LogP contribution >= 0.6 is 0 Å². The van der Waals surface area contributed by atoms with Crippen LogP contribution in [0.5, 0.6) is 0 Å². The third-order valence-electron chi connectivity index (χ3n) is 0.471. The molecule has 86 valence electrons. The van der Waals surface area contributed by atoms with Crippen molar-refractivity contribution in [3.63, 3.8) is 0 Å². The van der Waals surface area contributed by atoms with Gasteiger partial charge in [0.2, 0.25) is 0 Å². The molecule has 0 amide bonds. The molecule has 0 unspecified atom stereocenters.